The molecular weight excluding hydrogens is 226 g/mol. The minimum absolute atomic E-state index is 0.628. The number of rotatable bonds is 2. The number of hydrogen-bond donors (Lipinski definition) is 1. The van der Waals surface area contributed by atoms with Gasteiger partial charge in [0.15, 0.2) is 0 Å². The normalized spacial score (nSPS) is 15.3. The van der Waals surface area contributed by atoms with Crippen molar-refractivity contribution in [1.29, 1.82) is 0 Å². The molecule has 0 fully saturated rings. The number of anilines is 1. The summed E-state index contributed by atoms with van der Waals surface area (Å²) in [5.41, 5.74) is 9.31. The van der Waals surface area contributed by atoms with Crippen LogP contribution in [0.3, 0.4) is 0 Å². The van der Waals surface area contributed by atoms with Gasteiger partial charge in [-0.15, -0.1) is 0 Å². The number of nitrogens with zero attached hydrogens (tertiary/aromatic N) is 4. The van der Waals surface area contributed by atoms with Gasteiger partial charge in [0.25, 0.3) is 0 Å². The average molecular weight is 241 g/mol. The number of hydrogen-bond acceptors (Lipinski definition) is 5. The van der Waals surface area contributed by atoms with Crippen molar-refractivity contribution in [1.82, 2.24) is 19.9 Å². The van der Waals surface area contributed by atoms with Crippen LogP contribution in [0.2, 0.25) is 0 Å². The average Bonchev–Trinajstić information content (AvgIpc) is 2.40. The van der Waals surface area contributed by atoms with Gasteiger partial charge in [-0.2, -0.15) is 0 Å². The zero-order chi connectivity index (χ0) is 12.4. The van der Waals surface area contributed by atoms with E-state index in [1.807, 2.05) is 24.5 Å². The Morgan fingerprint density at radius 2 is 2.06 bits per heavy atom. The smallest absolute Gasteiger partial charge is 0.130 e. The summed E-state index contributed by atoms with van der Waals surface area (Å²) in [5, 5.41) is 0. The quantitative estimate of drug-likeness (QED) is 0.850. The molecule has 1 aliphatic rings. The second kappa shape index (κ2) is 4.70. The first-order chi connectivity index (χ1) is 8.83. The Bertz CT molecular complexity index is 540. The van der Waals surface area contributed by atoms with Gasteiger partial charge in [0, 0.05) is 37.6 Å². The molecule has 2 aromatic heterocycles. The van der Waals surface area contributed by atoms with E-state index in [4.69, 9.17) is 5.73 Å². The Hall–Kier alpha value is -2.01. The highest BCUT2D eigenvalue weighted by molar-refractivity contribution is 5.42. The van der Waals surface area contributed by atoms with Gasteiger partial charge in [-0.1, -0.05) is 0 Å². The Balaban J connectivity index is 1.76. The monoisotopic (exact) mass is 241 g/mol. The highest BCUT2D eigenvalue weighted by Crippen LogP contribution is 2.21. The van der Waals surface area contributed by atoms with Crippen LogP contribution in [-0.2, 0) is 19.5 Å². The highest BCUT2D eigenvalue weighted by Gasteiger charge is 2.19. The summed E-state index contributed by atoms with van der Waals surface area (Å²) in [6.07, 6.45) is 6.12. The molecule has 18 heavy (non-hydrogen) atoms. The van der Waals surface area contributed by atoms with Crippen molar-refractivity contribution in [2.75, 3.05) is 12.3 Å². The van der Waals surface area contributed by atoms with E-state index >= 15 is 0 Å². The van der Waals surface area contributed by atoms with Crippen LogP contribution in [0.5, 0.6) is 0 Å². The first-order valence-corrected chi connectivity index (χ1v) is 6.02. The molecule has 0 saturated heterocycles. The molecule has 1 aliphatic heterocycles. The maximum atomic E-state index is 5.86. The topological polar surface area (TPSA) is 67.9 Å². The molecule has 5 heteroatoms. The van der Waals surface area contributed by atoms with Crippen molar-refractivity contribution in [3.05, 3.63) is 47.7 Å². The number of pyridine rings is 1. The molecule has 5 nitrogen and oxygen atoms in total. The van der Waals surface area contributed by atoms with Crippen LogP contribution in [-0.4, -0.2) is 26.4 Å². The molecule has 92 valence electrons. The summed E-state index contributed by atoms with van der Waals surface area (Å²) in [5.74, 6) is 0.628. The molecule has 3 rings (SSSR count). The van der Waals surface area contributed by atoms with E-state index in [2.05, 4.69) is 19.9 Å². The number of fused-ring (bicyclic) bond motifs is 1. The highest BCUT2D eigenvalue weighted by atomic mass is 15.1. The number of nitrogens with two attached hydrogens (primary N) is 1. The molecule has 0 aliphatic carbocycles. The first kappa shape index (κ1) is 11.1. The predicted molar refractivity (Wildman–Crippen MR) is 68.5 cm³/mol. The molecule has 0 amide bonds. The minimum atomic E-state index is 0.628. The van der Waals surface area contributed by atoms with Gasteiger partial charge < -0.3 is 5.73 Å². The lowest BCUT2D eigenvalue weighted by Crippen LogP contribution is -2.31. The van der Waals surface area contributed by atoms with Gasteiger partial charge in [-0.25, -0.2) is 9.97 Å². The van der Waals surface area contributed by atoms with Crippen molar-refractivity contribution >= 4 is 5.82 Å². The van der Waals surface area contributed by atoms with Crippen molar-refractivity contribution in [2.24, 2.45) is 0 Å². The lowest BCUT2D eigenvalue weighted by molar-refractivity contribution is 0.241. The van der Waals surface area contributed by atoms with Gasteiger partial charge in [0.1, 0.15) is 12.1 Å². The second-order valence-electron chi connectivity index (χ2n) is 4.50. The summed E-state index contributed by atoms with van der Waals surface area (Å²) < 4.78 is 0. The molecule has 0 radical (unpaired) electrons. The SMILES string of the molecule is Nc1ncnc2c1CCN(Cc1ccncc1)C2. The molecule has 0 spiro atoms. The molecule has 2 aromatic rings. The van der Waals surface area contributed by atoms with E-state index in [9.17, 15) is 0 Å². The van der Waals surface area contributed by atoms with Crippen LogP contribution >= 0.6 is 0 Å². The lowest BCUT2D eigenvalue weighted by Gasteiger charge is -2.28. The van der Waals surface area contributed by atoms with Crippen LogP contribution in [0.1, 0.15) is 16.8 Å². The van der Waals surface area contributed by atoms with Crippen molar-refractivity contribution in [2.45, 2.75) is 19.5 Å². The van der Waals surface area contributed by atoms with Crippen molar-refractivity contribution < 1.29 is 0 Å². The minimum Gasteiger partial charge on any atom is -0.383 e. The zero-order valence-corrected chi connectivity index (χ0v) is 10.1. The summed E-state index contributed by atoms with van der Waals surface area (Å²) in [4.78, 5) is 14.8. The fourth-order valence-corrected chi connectivity index (χ4v) is 2.32. The summed E-state index contributed by atoms with van der Waals surface area (Å²) in [6.45, 7) is 2.75. The molecule has 0 unspecified atom stereocenters. The summed E-state index contributed by atoms with van der Waals surface area (Å²) in [7, 11) is 0. The Morgan fingerprint density at radius 3 is 2.89 bits per heavy atom. The standard InChI is InChI=1S/C13H15N5/c14-13-11-3-6-18(8-12(11)16-9-17-13)7-10-1-4-15-5-2-10/h1-2,4-5,9H,3,6-8H2,(H2,14,16,17). The number of aromatic nitrogens is 3. The van der Waals surface area contributed by atoms with Gasteiger partial charge in [-0.3, -0.25) is 9.88 Å². The Morgan fingerprint density at radius 1 is 1.22 bits per heavy atom. The van der Waals surface area contributed by atoms with E-state index in [1.54, 1.807) is 6.33 Å². The van der Waals surface area contributed by atoms with Crippen LogP contribution < -0.4 is 5.73 Å². The van der Waals surface area contributed by atoms with E-state index < -0.39 is 0 Å². The fraction of sp³-hybridized carbons (Fsp3) is 0.308. The van der Waals surface area contributed by atoms with Crippen LogP contribution in [0.15, 0.2) is 30.9 Å². The second-order valence-corrected chi connectivity index (χ2v) is 4.50. The first-order valence-electron chi connectivity index (χ1n) is 6.02. The van der Waals surface area contributed by atoms with E-state index in [-0.39, 0.29) is 0 Å². The van der Waals surface area contributed by atoms with E-state index in [0.717, 1.165) is 37.3 Å². The van der Waals surface area contributed by atoms with Gasteiger partial charge >= 0.3 is 0 Å². The van der Waals surface area contributed by atoms with Crippen LogP contribution in [0.25, 0.3) is 0 Å². The zero-order valence-electron chi connectivity index (χ0n) is 10.1. The van der Waals surface area contributed by atoms with Gasteiger partial charge in [0.05, 0.1) is 5.69 Å². The van der Waals surface area contributed by atoms with E-state index in [0.29, 0.717) is 5.82 Å². The third kappa shape index (κ3) is 2.17. The van der Waals surface area contributed by atoms with Crippen molar-refractivity contribution in [3.63, 3.8) is 0 Å². The maximum absolute atomic E-state index is 5.86. The van der Waals surface area contributed by atoms with E-state index in [1.165, 1.54) is 5.56 Å². The van der Waals surface area contributed by atoms with Crippen LogP contribution in [0.4, 0.5) is 5.82 Å². The summed E-state index contributed by atoms with van der Waals surface area (Å²) in [6, 6.07) is 4.09. The van der Waals surface area contributed by atoms with Crippen molar-refractivity contribution in [3.8, 4) is 0 Å². The Kier molecular flexibility index (Phi) is 2.90. The van der Waals surface area contributed by atoms with Crippen LogP contribution in [0, 0.1) is 0 Å². The molecule has 0 saturated carbocycles. The molecule has 0 aromatic carbocycles. The third-order valence-corrected chi connectivity index (χ3v) is 3.27. The maximum Gasteiger partial charge on any atom is 0.130 e. The molecule has 0 atom stereocenters. The molecule has 3 heterocycles. The summed E-state index contributed by atoms with van der Waals surface area (Å²) >= 11 is 0. The fourth-order valence-electron chi connectivity index (χ4n) is 2.32. The third-order valence-electron chi connectivity index (χ3n) is 3.27. The molecule has 2 N–H and O–H groups in total. The Labute approximate surface area is 106 Å². The van der Waals surface area contributed by atoms with Gasteiger partial charge in [-0.05, 0) is 24.1 Å². The number of nitrogen functional groups attached to an aromatic ring is 1. The molecule has 0 bridgehead atoms. The molecular formula is C13H15N5. The predicted octanol–water partition coefficient (Wildman–Crippen LogP) is 1.01. The van der Waals surface area contributed by atoms with Gasteiger partial charge in [0.2, 0.25) is 0 Å². The lowest BCUT2D eigenvalue weighted by atomic mass is 10.1. The largest absolute Gasteiger partial charge is 0.383 e.